The molecule has 0 fully saturated rings. The fourth-order valence-electron chi connectivity index (χ4n) is 9.96. The minimum Gasteiger partial charge on any atom is -0.256 e. The van der Waals surface area contributed by atoms with Crippen LogP contribution < -0.4 is 0 Å². The Bertz CT molecular complexity index is 2580. The quantitative estimate of drug-likeness (QED) is 0.148. The Morgan fingerprint density at radius 1 is 0.434 bits per heavy atom. The third-order valence-corrected chi connectivity index (χ3v) is 12.3. The first-order valence-corrected chi connectivity index (χ1v) is 19.6. The number of unbranched alkanes of at least 4 members (excludes halogenated alkanes) is 2. The van der Waals surface area contributed by atoms with Gasteiger partial charge in [-0.3, -0.25) is 4.98 Å². The topological polar surface area (TPSA) is 12.9 Å². The molecule has 0 radical (unpaired) electrons. The predicted octanol–water partition coefficient (Wildman–Crippen LogP) is 14.7. The Morgan fingerprint density at radius 2 is 1.02 bits per heavy atom. The number of aromatic nitrogens is 1. The van der Waals surface area contributed by atoms with Gasteiger partial charge in [0.1, 0.15) is 0 Å². The van der Waals surface area contributed by atoms with Crippen molar-refractivity contribution < 1.29 is 0 Å². The minimum atomic E-state index is 0.0385. The number of fused-ring (bicyclic) bond motifs is 7. The summed E-state index contributed by atoms with van der Waals surface area (Å²) in [6.45, 7) is 4.64. The van der Waals surface area contributed by atoms with Crippen LogP contribution in [-0.2, 0) is 5.41 Å². The van der Waals surface area contributed by atoms with Crippen LogP contribution in [0, 0.1) is 0 Å². The Kier molecular flexibility index (Phi) is 7.65. The molecule has 10 rings (SSSR count). The summed E-state index contributed by atoms with van der Waals surface area (Å²) >= 11 is 0. The number of rotatable bonds is 9. The lowest BCUT2D eigenvalue weighted by Crippen LogP contribution is -2.25. The van der Waals surface area contributed by atoms with Gasteiger partial charge in [0, 0.05) is 17.2 Å². The van der Waals surface area contributed by atoms with E-state index in [1.165, 1.54) is 138 Å². The molecule has 256 valence electrons. The lowest BCUT2D eigenvalue weighted by atomic mass is 9.71. The molecule has 0 atom stereocenters. The summed E-state index contributed by atoms with van der Waals surface area (Å²) in [6, 6.07) is 54.6. The fraction of sp³-hybridized carbons (Fsp3) is 0.173. The Balaban J connectivity index is 1.23. The van der Waals surface area contributed by atoms with E-state index in [4.69, 9.17) is 4.98 Å². The van der Waals surface area contributed by atoms with Gasteiger partial charge in [-0.1, -0.05) is 173 Å². The molecule has 0 unspecified atom stereocenters. The predicted molar refractivity (Wildman–Crippen MR) is 225 cm³/mol. The second-order valence-electron chi connectivity index (χ2n) is 15.1. The van der Waals surface area contributed by atoms with Crippen molar-refractivity contribution in [2.75, 3.05) is 0 Å². The van der Waals surface area contributed by atoms with E-state index < -0.39 is 0 Å². The molecule has 2 aliphatic rings. The smallest absolute Gasteiger partial charge is 0.0746 e. The van der Waals surface area contributed by atoms with Crippen LogP contribution in [0.1, 0.15) is 63.5 Å². The van der Waals surface area contributed by atoms with Crippen LogP contribution in [0.15, 0.2) is 152 Å². The Morgan fingerprint density at radius 3 is 1.66 bits per heavy atom. The average Bonchev–Trinajstić information content (AvgIpc) is 3.69. The number of nitrogens with zero attached hydrogens (tertiary/aromatic N) is 1. The van der Waals surface area contributed by atoms with Crippen molar-refractivity contribution in [1.29, 1.82) is 0 Å². The zero-order chi connectivity index (χ0) is 35.5. The van der Waals surface area contributed by atoms with E-state index in [1.54, 1.807) is 0 Å². The van der Waals surface area contributed by atoms with Crippen molar-refractivity contribution >= 4 is 21.5 Å². The summed E-state index contributed by atoms with van der Waals surface area (Å²) in [5.74, 6) is 0. The lowest BCUT2D eigenvalue weighted by molar-refractivity contribution is 0.414. The molecule has 7 aromatic carbocycles. The maximum atomic E-state index is 5.08. The molecule has 0 N–H and O–H groups in total. The summed E-state index contributed by atoms with van der Waals surface area (Å²) < 4.78 is 0. The molecule has 53 heavy (non-hydrogen) atoms. The third kappa shape index (κ3) is 4.73. The first-order chi connectivity index (χ1) is 26.2. The number of hydrogen-bond donors (Lipinski definition) is 0. The van der Waals surface area contributed by atoms with Crippen molar-refractivity contribution in [3.05, 3.63) is 163 Å². The molecule has 0 spiro atoms. The minimum absolute atomic E-state index is 0.0385. The molecule has 2 aliphatic carbocycles. The van der Waals surface area contributed by atoms with Gasteiger partial charge in [-0.2, -0.15) is 0 Å². The second kappa shape index (κ2) is 12.7. The third-order valence-electron chi connectivity index (χ3n) is 12.3. The SMILES string of the molecule is CCCCC1(CCCC)c2ccc(-c3ccc4c5c(cccc35)-c3c-4c(-c4ccccc4)c4ccccc4c3-c3ccccc3)cc2-c2ncccc21. The highest BCUT2D eigenvalue weighted by molar-refractivity contribution is 6.28. The zero-order valence-corrected chi connectivity index (χ0v) is 30.6. The van der Waals surface area contributed by atoms with Crippen LogP contribution in [0.5, 0.6) is 0 Å². The largest absolute Gasteiger partial charge is 0.256 e. The summed E-state index contributed by atoms with van der Waals surface area (Å²) in [7, 11) is 0. The average molecular weight is 682 g/mol. The van der Waals surface area contributed by atoms with Crippen LogP contribution in [0.3, 0.4) is 0 Å². The van der Waals surface area contributed by atoms with E-state index in [0.29, 0.717) is 0 Å². The van der Waals surface area contributed by atoms with Gasteiger partial charge >= 0.3 is 0 Å². The highest BCUT2D eigenvalue weighted by Crippen LogP contribution is 2.59. The summed E-state index contributed by atoms with van der Waals surface area (Å²) in [5, 5.41) is 5.24. The van der Waals surface area contributed by atoms with E-state index >= 15 is 0 Å². The second-order valence-corrected chi connectivity index (χ2v) is 15.1. The van der Waals surface area contributed by atoms with Crippen LogP contribution in [0.25, 0.3) is 88.4 Å². The molecule has 1 heterocycles. The van der Waals surface area contributed by atoms with Crippen molar-refractivity contribution in [2.45, 2.75) is 57.8 Å². The lowest BCUT2D eigenvalue weighted by Gasteiger charge is -2.32. The van der Waals surface area contributed by atoms with Crippen molar-refractivity contribution in [3.8, 4) is 66.9 Å². The van der Waals surface area contributed by atoms with E-state index in [2.05, 4.69) is 159 Å². The van der Waals surface area contributed by atoms with Gasteiger partial charge in [0.2, 0.25) is 0 Å². The van der Waals surface area contributed by atoms with Crippen LogP contribution in [-0.4, -0.2) is 4.98 Å². The number of benzene rings is 7. The summed E-state index contributed by atoms with van der Waals surface area (Å²) in [5.41, 5.74) is 18.5. The van der Waals surface area contributed by atoms with Gasteiger partial charge < -0.3 is 0 Å². The molecular formula is C52H43N. The van der Waals surface area contributed by atoms with E-state index in [-0.39, 0.29) is 5.41 Å². The molecule has 1 heteroatoms. The molecule has 0 bridgehead atoms. The molecule has 1 aromatic heterocycles. The highest BCUT2D eigenvalue weighted by atomic mass is 14.7. The first-order valence-electron chi connectivity index (χ1n) is 19.6. The van der Waals surface area contributed by atoms with Crippen LogP contribution >= 0.6 is 0 Å². The van der Waals surface area contributed by atoms with Gasteiger partial charge in [-0.05, 0) is 113 Å². The van der Waals surface area contributed by atoms with Gasteiger partial charge in [0.25, 0.3) is 0 Å². The maximum absolute atomic E-state index is 5.08. The first kappa shape index (κ1) is 31.9. The fourth-order valence-corrected chi connectivity index (χ4v) is 9.96. The zero-order valence-electron chi connectivity index (χ0n) is 30.6. The Labute approximate surface area is 313 Å². The summed E-state index contributed by atoms with van der Waals surface area (Å²) in [4.78, 5) is 5.08. The molecule has 0 saturated carbocycles. The standard InChI is InChI=1S/C52H43N/c1-3-5-30-52(31-6-4-2)44-29-26-36(33-43(44)51-45(52)25-16-32-53-51)37-27-28-42-48-38(37)23-15-24-41(48)49-46(34-17-9-7-10-18-34)39-21-13-14-22-40(39)47(50(42)49)35-19-11-8-12-20-35/h7-29,32-33H,3-6,30-31H2,1-2H3. The van der Waals surface area contributed by atoms with Crippen molar-refractivity contribution in [1.82, 2.24) is 4.98 Å². The van der Waals surface area contributed by atoms with Gasteiger partial charge in [-0.25, -0.2) is 0 Å². The summed E-state index contributed by atoms with van der Waals surface area (Å²) in [6.07, 6.45) is 9.19. The van der Waals surface area contributed by atoms with Gasteiger partial charge in [-0.15, -0.1) is 0 Å². The number of pyridine rings is 1. The van der Waals surface area contributed by atoms with E-state index in [1.807, 2.05) is 6.20 Å². The van der Waals surface area contributed by atoms with Gasteiger partial charge in [0.15, 0.2) is 0 Å². The maximum Gasteiger partial charge on any atom is 0.0746 e. The highest BCUT2D eigenvalue weighted by Gasteiger charge is 2.43. The Hall–Kier alpha value is -5.79. The normalized spacial score (nSPS) is 13.3. The van der Waals surface area contributed by atoms with Crippen LogP contribution in [0.2, 0.25) is 0 Å². The number of hydrogen-bond acceptors (Lipinski definition) is 1. The van der Waals surface area contributed by atoms with E-state index in [0.717, 1.165) is 0 Å². The monoisotopic (exact) mass is 681 g/mol. The molecule has 0 saturated heterocycles. The molecule has 8 aromatic rings. The molecular weight excluding hydrogens is 639 g/mol. The van der Waals surface area contributed by atoms with Crippen LogP contribution in [0.4, 0.5) is 0 Å². The molecule has 1 nitrogen and oxygen atoms in total. The van der Waals surface area contributed by atoms with Crippen molar-refractivity contribution in [3.63, 3.8) is 0 Å². The molecule has 0 amide bonds. The van der Waals surface area contributed by atoms with E-state index in [9.17, 15) is 0 Å². The van der Waals surface area contributed by atoms with Gasteiger partial charge in [0.05, 0.1) is 5.69 Å². The van der Waals surface area contributed by atoms with Crippen molar-refractivity contribution in [2.24, 2.45) is 0 Å². The molecule has 0 aliphatic heterocycles.